The summed E-state index contributed by atoms with van der Waals surface area (Å²) in [5, 5.41) is 4.21. The predicted octanol–water partition coefficient (Wildman–Crippen LogP) is 3.14. The Hall–Kier alpha value is -0.610. The molecule has 1 fully saturated rings. The van der Waals surface area contributed by atoms with Gasteiger partial charge in [-0.2, -0.15) is 0 Å². The maximum Gasteiger partial charge on any atom is 0.163 e. The van der Waals surface area contributed by atoms with Gasteiger partial charge in [-0.1, -0.05) is 23.7 Å². The molecule has 0 aliphatic carbocycles. The van der Waals surface area contributed by atoms with Crippen molar-refractivity contribution >= 4 is 11.6 Å². The summed E-state index contributed by atoms with van der Waals surface area (Å²) in [6.07, 6.45) is 0.113. The van der Waals surface area contributed by atoms with Gasteiger partial charge in [0.1, 0.15) is 0 Å². The molecule has 0 aromatic heterocycles. The van der Waals surface area contributed by atoms with Crippen molar-refractivity contribution in [1.29, 1.82) is 0 Å². The number of benzene rings is 1. The molecule has 0 amide bonds. The number of rotatable bonds is 4. The number of halogens is 1. The molecule has 1 aliphatic rings. The zero-order valence-electron chi connectivity index (χ0n) is 11.1. The molecule has 100 valence electrons. The van der Waals surface area contributed by atoms with Gasteiger partial charge >= 0.3 is 0 Å². The lowest BCUT2D eigenvalue weighted by Gasteiger charge is -2.19. The van der Waals surface area contributed by atoms with Gasteiger partial charge in [-0.05, 0) is 38.5 Å². The number of hydrogen-bond donors (Lipinski definition) is 1. The van der Waals surface area contributed by atoms with Crippen LogP contribution in [0.15, 0.2) is 24.3 Å². The molecule has 2 atom stereocenters. The largest absolute Gasteiger partial charge is 0.348 e. The van der Waals surface area contributed by atoms with E-state index in [1.54, 1.807) is 0 Å². The number of hydrogen-bond acceptors (Lipinski definition) is 3. The minimum Gasteiger partial charge on any atom is -0.348 e. The monoisotopic (exact) mass is 269 g/mol. The van der Waals surface area contributed by atoms with Gasteiger partial charge in [0.15, 0.2) is 5.79 Å². The smallest absolute Gasteiger partial charge is 0.163 e. The Morgan fingerprint density at radius 2 is 2.28 bits per heavy atom. The lowest BCUT2D eigenvalue weighted by molar-refractivity contribution is -0.137. The SMILES string of the molecule is CC(NCC1COC(C)(C)O1)c1cccc(Cl)c1. The Balaban J connectivity index is 1.84. The Labute approximate surface area is 113 Å². The number of ether oxygens (including phenoxy) is 2. The summed E-state index contributed by atoms with van der Waals surface area (Å²) in [6.45, 7) is 7.41. The van der Waals surface area contributed by atoms with Gasteiger partial charge in [-0.15, -0.1) is 0 Å². The number of nitrogens with one attached hydrogen (secondary N) is 1. The van der Waals surface area contributed by atoms with E-state index in [0.29, 0.717) is 6.61 Å². The molecule has 0 saturated carbocycles. The van der Waals surface area contributed by atoms with E-state index in [1.165, 1.54) is 5.56 Å². The van der Waals surface area contributed by atoms with Gasteiger partial charge in [0.05, 0.1) is 12.7 Å². The van der Waals surface area contributed by atoms with Crippen LogP contribution in [-0.2, 0) is 9.47 Å². The van der Waals surface area contributed by atoms with Crippen molar-refractivity contribution in [2.75, 3.05) is 13.2 Å². The average molecular weight is 270 g/mol. The predicted molar refractivity (Wildman–Crippen MR) is 72.8 cm³/mol. The van der Waals surface area contributed by atoms with Crippen LogP contribution < -0.4 is 5.32 Å². The first-order valence-electron chi connectivity index (χ1n) is 6.27. The Bertz CT molecular complexity index is 409. The normalized spacial score (nSPS) is 24.1. The molecule has 0 radical (unpaired) electrons. The molecule has 18 heavy (non-hydrogen) atoms. The van der Waals surface area contributed by atoms with Gasteiger partial charge in [-0.25, -0.2) is 0 Å². The first-order valence-corrected chi connectivity index (χ1v) is 6.65. The molecule has 0 bridgehead atoms. The van der Waals surface area contributed by atoms with Crippen LogP contribution in [0.4, 0.5) is 0 Å². The van der Waals surface area contributed by atoms with Crippen molar-refractivity contribution in [3.05, 3.63) is 34.9 Å². The van der Waals surface area contributed by atoms with Gasteiger partial charge in [-0.3, -0.25) is 0 Å². The van der Waals surface area contributed by atoms with Gasteiger partial charge in [0.25, 0.3) is 0 Å². The molecule has 1 saturated heterocycles. The van der Waals surface area contributed by atoms with Gasteiger partial charge < -0.3 is 14.8 Å². The first-order chi connectivity index (χ1) is 8.46. The molecule has 2 unspecified atom stereocenters. The fourth-order valence-corrected chi connectivity index (χ4v) is 2.26. The van der Waals surface area contributed by atoms with Gasteiger partial charge in [0.2, 0.25) is 0 Å². The standard InChI is InChI=1S/C14H20ClNO2/c1-10(11-5-4-6-12(15)7-11)16-8-13-9-17-14(2,3)18-13/h4-7,10,13,16H,8-9H2,1-3H3. The lowest BCUT2D eigenvalue weighted by Crippen LogP contribution is -2.32. The van der Waals surface area contributed by atoms with E-state index in [2.05, 4.69) is 18.3 Å². The molecular formula is C14H20ClNO2. The van der Waals surface area contributed by atoms with E-state index in [0.717, 1.165) is 11.6 Å². The summed E-state index contributed by atoms with van der Waals surface area (Å²) in [7, 11) is 0. The van der Waals surface area contributed by atoms with Crippen molar-refractivity contribution in [2.24, 2.45) is 0 Å². The minimum absolute atomic E-state index is 0.113. The van der Waals surface area contributed by atoms with E-state index in [1.807, 2.05) is 32.0 Å². The summed E-state index contributed by atoms with van der Waals surface area (Å²) < 4.78 is 11.3. The molecule has 3 nitrogen and oxygen atoms in total. The van der Waals surface area contributed by atoms with Crippen LogP contribution in [0.3, 0.4) is 0 Å². The molecule has 1 aliphatic heterocycles. The highest BCUT2D eigenvalue weighted by Gasteiger charge is 2.32. The van der Waals surface area contributed by atoms with E-state index in [9.17, 15) is 0 Å². The Morgan fingerprint density at radius 3 is 2.89 bits per heavy atom. The summed E-state index contributed by atoms with van der Waals surface area (Å²) >= 11 is 5.98. The second-order valence-corrected chi connectivity index (χ2v) is 5.57. The summed E-state index contributed by atoms with van der Waals surface area (Å²) in [5.41, 5.74) is 1.18. The molecule has 2 rings (SSSR count). The second-order valence-electron chi connectivity index (χ2n) is 5.14. The Morgan fingerprint density at radius 1 is 1.50 bits per heavy atom. The van der Waals surface area contributed by atoms with Gasteiger partial charge in [0, 0.05) is 17.6 Å². The highest BCUT2D eigenvalue weighted by Crippen LogP contribution is 2.23. The molecule has 4 heteroatoms. The molecule has 1 heterocycles. The fraction of sp³-hybridized carbons (Fsp3) is 0.571. The third kappa shape index (κ3) is 3.69. The van der Waals surface area contributed by atoms with E-state index >= 15 is 0 Å². The lowest BCUT2D eigenvalue weighted by atomic mass is 10.1. The van der Waals surface area contributed by atoms with Crippen LogP contribution in [0.1, 0.15) is 32.4 Å². The Kier molecular flexibility index (Phi) is 4.28. The molecule has 1 aromatic carbocycles. The van der Waals surface area contributed by atoms with Crippen molar-refractivity contribution in [2.45, 2.75) is 38.7 Å². The quantitative estimate of drug-likeness (QED) is 0.911. The van der Waals surface area contributed by atoms with Crippen molar-refractivity contribution in [3.8, 4) is 0 Å². The van der Waals surface area contributed by atoms with Crippen molar-refractivity contribution in [1.82, 2.24) is 5.32 Å². The molecular weight excluding hydrogens is 250 g/mol. The van der Waals surface area contributed by atoms with Crippen LogP contribution in [0.25, 0.3) is 0 Å². The zero-order valence-corrected chi connectivity index (χ0v) is 11.8. The van der Waals surface area contributed by atoms with E-state index in [-0.39, 0.29) is 12.1 Å². The first kappa shape index (κ1) is 13.8. The van der Waals surface area contributed by atoms with Crippen LogP contribution in [0, 0.1) is 0 Å². The van der Waals surface area contributed by atoms with E-state index in [4.69, 9.17) is 21.1 Å². The van der Waals surface area contributed by atoms with Crippen molar-refractivity contribution < 1.29 is 9.47 Å². The second kappa shape index (κ2) is 5.57. The molecule has 1 N–H and O–H groups in total. The third-order valence-electron chi connectivity index (χ3n) is 3.07. The maximum atomic E-state index is 5.98. The maximum absolute atomic E-state index is 5.98. The molecule has 1 aromatic rings. The topological polar surface area (TPSA) is 30.5 Å². The minimum atomic E-state index is -0.453. The molecule has 0 spiro atoms. The van der Waals surface area contributed by atoms with Crippen LogP contribution >= 0.6 is 11.6 Å². The fourth-order valence-electron chi connectivity index (χ4n) is 2.07. The third-order valence-corrected chi connectivity index (χ3v) is 3.30. The summed E-state index contributed by atoms with van der Waals surface area (Å²) in [4.78, 5) is 0. The van der Waals surface area contributed by atoms with E-state index < -0.39 is 5.79 Å². The van der Waals surface area contributed by atoms with Crippen LogP contribution in [-0.4, -0.2) is 25.0 Å². The highest BCUT2D eigenvalue weighted by molar-refractivity contribution is 6.30. The zero-order chi connectivity index (χ0) is 13.2. The average Bonchev–Trinajstić information content (AvgIpc) is 2.66. The highest BCUT2D eigenvalue weighted by atomic mass is 35.5. The van der Waals surface area contributed by atoms with Crippen LogP contribution in [0.5, 0.6) is 0 Å². The van der Waals surface area contributed by atoms with Crippen LogP contribution in [0.2, 0.25) is 5.02 Å². The van der Waals surface area contributed by atoms with Crippen molar-refractivity contribution in [3.63, 3.8) is 0 Å². The summed E-state index contributed by atoms with van der Waals surface area (Å²) in [5.74, 6) is -0.453. The summed E-state index contributed by atoms with van der Waals surface area (Å²) in [6, 6.07) is 8.15.